The molecule has 1 unspecified atom stereocenters. The van der Waals surface area contributed by atoms with Crippen LogP contribution in [-0.2, 0) is 11.2 Å². The van der Waals surface area contributed by atoms with Crippen LogP contribution in [0.5, 0.6) is 0 Å². The highest BCUT2D eigenvalue weighted by molar-refractivity contribution is 5.85. The maximum absolute atomic E-state index is 11.7. The van der Waals surface area contributed by atoms with Gasteiger partial charge in [0.05, 0.1) is 0 Å². The second-order valence-corrected chi connectivity index (χ2v) is 4.35. The van der Waals surface area contributed by atoms with Gasteiger partial charge in [0.2, 0.25) is 0 Å². The number of aliphatic hydroxyl groups is 1. The van der Waals surface area contributed by atoms with E-state index in [0.717, 1.165) is 24.0 Å². The zero-order valence-corrected chi connectivity index (χ0v) is 8.94. The van der Waals surface area contributed by atoms with Crippen LogP contribution in [0.1, 0.15) is 24.0 Å². The van der Waals surface area contributed by atoms with E-state index in [9.17, 15) is 9.90 Å². The largest absolute Gasteiger partial charge is 0.385 e. The SMILES string of the molecule is Cc1ccccc1CC(=O)C(O)C1CC1. The molecule has 1 atom stereocenters. The summed E-state index contributed by atoms with van der Waals surface area (Å²) in [5.41, 5.74) is 2.15. The molecule has 1 aliphatic rings. The summed E-state index contributed by atoms with van der Waals surface area (Å²) in [6, 6.07) is 7.83. The molecule has 0 heterocycles. The van der Waals surface area contributed by atoms with Gasteiger partial charge >= 0.3 is 0 Å². The van der Waals surface area contributed by atoms with E-state index in [1.807, 2.05) is 31.2 Å². The predicted octanol–water partition coefficient (Wildman–Crippen LogP) is 1.88. The summed E-state index contributed by atoms with van der Waals surface area (Å²) in [5, 5.41) is 9.66. The van der Waals surface area contributed by atoms with E-state index < -0.39 is 6.10 Å². The van der Waals surface area contributed by atoms with E-state index in [0.29, 0.717) is 6.42 Å². The van der Waals surface area contributed by atoms with Crippen molar-refractivity contribution in [2.45, 2.75) is 32.3 Å². The lowest BCUT2D eigenvalue weighted by molar-refractivity contribution is -0.127. The Bertz CT molecular complexity index is 367. The minimum Gasteiger partial charge on any atom is -0.385 e. The van der Waals surface area contributed by atoms with Gasteiger partial charge in [-0.15, -0.1) is 0 Å². The molecule has 0 saturated heterocycles. The summed E-state index contributed by atoms with van der Waals surface area (Å²) in [7, 11) is 0. The first-order valence-electron chi connectivity index (χ1n) is 5.44. The van der Waals surface area contributed by atoms with Crippen LogP contribution in [-0.4, -0.2) is 17.0 Å². The van der Waals surface area contributed by atoms with E-state index in [1.54, 1.807) is 0 Å². The van der Waals surface area contributed by atoms with Crippen molar-refractivity contribution in [3.63, 3.8) is 0 Å². The quantitative estimate of drug-likeness (QED) is 0.813. The van der Waals surface area contributed by atoms with E-state index >= 15 is 0 Å². The topological polar surface area (TPSA) is 37.3 Å². The Labute approximate surface area is 89.9 Å². The van der Waals surface area contributed by atoms with Crippen molar-refractivity contribution in [2.75, 3.05) is 0 Å². The highest BCUT2D eigenvalue weighted by Crippen LogP contribution is 2.33. The molecule has 0 amide bonds. The number of carbonyl (C=O) groups is 1. The zero-order valence-electron chi connectivity index (χ0n) is 8.94. The number of carbonyl (C=O) groups excluding carboxylic acids is 1. The molecule has 2 heteroatoms. The van der Waals surface area contributed by atoms with E-state index in [4.69, 9.17) is 0 Å². The van der Waals surface area contributed by atoms with Crippen molar-refractivity contribution in [2.24, 2.45) is 5.92 Å². The van der Waals surface area contributed by atoms with Crippen molar-refractivity contribution in [3.8, 4) is 0 Å². The summed E-state index contributed by atoms with van der Waals surface area (Å²) < 4.78 is 0. The van der Waals surface area contributed by atoms with Gasteiger partial charge in [0.15, 0.2) is 5.78 Å². The van der Waals surface area contributed by atoms with Gasteiger partial charge in [-0.3, -0.25) is 4.79 Å². The third kappa shape index (κ3) is 2.45. The fourth-order valence-electron chi connectivity index (χ4n) is 1.78. The van der Waals surface area contributed by atoms with Crippen LogP contribution in [0, 0.1) is 12.8 Å². The van der Waals surface area contributed by atoms with Crippen LogP contribution >= 0.6 is 0 Å². The first-order chi connectivity index (χ1) is 7.18. The molecule has 0 radical (unpaired) electrons. The fourth-order valence-corrected chi connectivity index (χ4v) is 1.78. The van der Waals surface area contributed by atoms with Gasteiger partial charge in [-0.25, -0.2) is 0 Å². The lowest BCUT2D eigenvalue weighted by Gasteiger charge is -2.09. The van der Waals surface area contributed by atoms with E-state index in [2.05, 4.69) is 0 Å². The molecular formula is C13H16O2. The molecule has 15 heavy (non-hydrogen) atoms. The molecule has 0 aliphatic heterocycles. The summed E-state index contributed by atoms with van der Waals surface area (Å²) in [6.45, 7) is 1.99. The van der Waals surface area contributed by atoms with Crippen molar-refractivity contribution < 1.29 is 9.90 Å². The van der Waals surface area contributed by atoms with Crippen LogP contribution < -0.4 is 0 Å². The molecule has 1 aromatic carbocycles. The fraction of sp³-hybridized carbons (Fsp3) is 0.462. The zero-order chi connectivity index (χ0) is 10.8. The average Bonchev–Trinajstić information content (AvgIpc) is 3.04. The van der Waals surface area contributed by atoms with Crippen LogP contribution in [0.25, 0.3) is 0 Å². The average molecular weight is 204 g/mol. The molecule has 1 fully saturated rings. The number of rotatable bonds is 4. The Morgan fingerprint density at radius 3 is 2.73 bits per heavy atom. The number of ketones is 1. The lowest BCUT2D eigenvalue weighted by Crippen LogP contribution is -2.24. The van der Waals surface area contributed by atoms with Crippen molar-refractivity contribution >= 4 is 5.78 Å². The van der Waals surface area contributed by atoms with Crippen molar-refractivity contribution in [3.05, 3.63) is 35.4 Å². The maximum Gasteiger partial charge on any atom is 0.165 e. The Morgan fingerprint density at radius 1 is 1.47 bits per heavy atom. The van der Waals surface area contributed by atoms with Gasteiger partial charge in [0, 0.05) is 6.42 Å². The van der Waals surface area contributed by atoms with E-state index in [-0.39, 0.29) is 11.7 Å². The van der Waals surface area contributed by atoms with Crippen LogP contribution in [0.15, 0.2) is 24.3 Å². The number of hydrogen-bond acceptors (Lipinski definition) is 2. The van der Waals surface area contributed by atoms with Gasteiger partial charge in [0.25, 0.3) is 0 Å². The first-order valence-corrected chi connectivity index (χ1v) is 5.44. The highest BCUT2D eigenvalue weighted by Gasteiger charge is 2.34. The standard InChI is InChI=1S/C13H16O2/c1-9-4-2-3-5-11(9)8-12(14)13(15)10-6-7-10/h2-5,10,13,15H,6-8H2,1H3. The number of Topliss-reactive ketones (excluding diaryl/α,β-unsaturated/α-hetero) is 1. The number of benzene rings is 1. The number of aliphatic hydroxyl groups excluding tert-OH is 1. The summed E-state index contributed by atoms with van der Waals surface area (Å²) >= 11 is 0. The van der Waals surface area contributed by atoms with Gasteiger partial charge in [-0.1, -0.05) is 24.3 Å². The molecular weight excluding hydrogens is 188 g/mol. The van der Waals surface area contributed by atoms with Gasteiger partial charge in [0.1, 0.15) is 6.10 Å². The Morgan fingerprint density at radius 2 is 2.13 bits per heavy atom. The molecule has 1 aliphatic carbocycles. The Balaban J connectivity index is 2.02. The van der Waals surface area contributed by atoms with Crippen molar-refractivity contribution in [1.82, 2.24) is 0 Å². The molecule has 0 spiro atoms. The Hall–Kier alpha value is -1.15. The highest BCUT2D eigenvalue weighted by atomic mass is 16.3. The first kappa shape index (κ1) is 10.4. The minimum atomic E-state index is -0.732. The Kier molecular flexibility index (Phi) is 2.87. The number of hydrogen-bond donors (Lipinski definition) is 1. The smallest absolute Gasteiger partial charge is 0.165 e. The molecule has 2 nitrogen and oxygen atoms in total. The van der Waals surface area contributed by atoms with E-state index in [1.165, 1.54) is 0 Å². The van der Waals surface area contributed by atoms with Crippen molar-refractivity contribution in [1.29, 1.82) is 0 Å². The van der Waals surface area contributed by atoms with Gasteiger partial charge < -0.3 is 5.11 Å². The van der Waals surface area contributed by atoms with Crippen LogP contribution in [0.2, 0.25) is 0 Å². The molecule has 1 aromatic rings. The summed E-state index contributed by atoms with van der Waals surface area (Å²) in [4.78, 5) is 11.7. The second kappa shape index (κ2) is 4.15. The van der Waals surface area contributed by atoms with Crippen LogP contribution in [0.4, 0.5) is 0 Å². The molecule has 2 rings (SSSR count). The molecule has 0 aromatic heterocycles. The molecule has 1 N–H and O–H groups in total. The molecule has 1 saturated carbocycles. The maximum atomic E-state index is 11.7. The van der Waals surface area contributed by atoms with Crippen LogP contribution in [0.3, 0.4) is 0 Å². The summed E-state index contributed by atoms with van der Waals surface area (Å²) in [5.74, 6) is 0.202. The van der Waals surface area contributed by atoms with Gasteiger partial charge in [-0.2, -0.15) is 0 Å². The molecule has 0 bridgehead atoms. The third-order valence-corrected chi connectivity index (χ3v) is 3.02. The monoisotopic (exact) mass is 204 g/mol. The minimum absolute atomic E-state index is 0.0354. The normalized spacial score (nSPS) is 17.5. The lowest BCUT2D eigenvalue weighted by atomic mass is 9.99. The second-order valence-electron chi connectivity index (χ2n) is 4.35. The molecule has 80 valence electrons. The van der Waals surface area contributed by atoms with Gasteiger partial charge in [-0.05, 0) is 36.8 Å². The summed E-state index contributed by atoms with van der Waals surface area (Å²) in [6.07, 6.45) is 1.63. The number of aryl methyl sites for hydroxylation is 1. The third-order valence-electron chi connectivity index (χ3n) is 3.02. The predicted molar refractivity (Wildman–Crippen MR) is 58.6 cm³/mol.